The number of benzene rings is 1. The van der Waals surface area contributed by atoms with Gasteiger partial charge in [-0.25, -0.2) is 4.99 Å². The van der Waals surface area contributed by atoms with Crippen molar-refractivity contribution in [3.05, 3.63) is 46.6 Å². The van der Waals surface area contributed by atoms with Gasteiger partial charge in [0.2, 0.25) is 5.89 Å². The van der Waals surface area contributed by atoms with E-state index in [-0.39, 0.29) is 29.4 Å². The van der Waals surface area contributed by atoms with E-state index in [1.165, 1.54) is 0 Å². The Kier molecular flexibility index (Phi) is 8.82. The van der Waals surface area contributed by atoms with E-state index in [1.54, 1.807) is 0 Å². The van der Waals surface area contributed by atoms with E-state index in [0.717, 1.165) is 23.1 Å². The fourth-order valence-corrected chi connectivity index (χ4v) is 2.39. The minimum absolute atomic E-state index is 0. The summed E-state index contributed by atoms with van der Waals surface area (Å²) in [5, 5.41) is 8.04. The van der Waals surface area contributed by atoms with Crippen molar-refractivity contribution in [2.24, 2.45) is 4.99 Å². The van der Waals surface area contributed by atoms with Crippen molar-refractivity contribution in [2.75, 3.05) is 13.6 Å². The number of aliphatic imine (C=N–C) groups is 1. The predicted molar refractivity (Wildman–Crippen MR) is 116 cm³/mol. The van der Waals surface area contributed by atoms with Crippen molar-refractivity contribution >= 4 is 41.5 Å². The lowest BCUT2D eigenvalue weighted by molar-refractivity contribution is 0.318. The second-order valence-corrected chi connectivity index (χ2v) is 7.29. The molecule has 2 aromatic rings. The molecular weight excluding hydrogens is 465 g/mol. The molecule has 1 aromatic carbocycles. The Morgan fingerprint density at radius 1 is 1.31 bits per heavy atom. The van der Waals surface area contributed by atoms with Crippen LogP contribution in [0, 0.1) is 0 Å². The average molecular weight is 492 g/mol. The largest absolute Gasteiger partial charge is 0.357 e. The second-order valence-electron chi connectivity index (χ2n) is 6.88. The maximum Gasteiger partial charge on any atom is 0.232 e. The maximum atomic E-state index is 6.25. The lowest BCUT2D eigenvalue weighted by atomic mass is 9.97. The third kappa shape index (κ3) is 6.42. The number of hydrogen-bond donors (Lipinski definition) is 1. The van der Waals surface area contributed by atoms with Gasteiger partial charge >= 0.3 is 0 Å². The number of rotatable bonds is 5. The van der Waals surface area contributed by atoms with E-state index in [4.69, 9.17) is 16.1 Å². The first-order valence-electron chi connectivity index (χ1n) is 8.37. The van der Waals surface area contributed by atoms with Gasteiger partial charge in [0.1, 0.15) is 6.54 Å². The zero-order valence-electron chi connectivity index (χ0n) is 15.9. The second kappa shape index (κ2) is 10.1. The lowest BCUT2D eigenvalue weighted by Gasteiger charge is -2.22. The molecule has 0 radical (unpaired) electrons. The fourth-order valence-electron chi connectivity index (χ4n) is 2.20. The number of aromatic nitrogens is 2. The van der Waals surface area contributed by atoms with Crippen LogP contribution in [0.25, 0.3) is 0 Å². The molecule has 0 amide bonds. The highest BCUT2D eigenvalue weighted by Crippen LogP contribution is 2.20. The summed E-state index contributed by atoms with van der Waals surface area (Å²) in [4.78, 5) is 11.1. The molecule has 0 saturated carbocycles. The number of hydrogen-bond acceptors (Lipinski definition) is 4. The Balaban J connectivity index is 0.00000338. The van der Waals surface area contributed by atoms with Crippen LogP contribution in [0.1, 0.15) is 45.0 Å². The van der Waals surface area contributed by atoms with E-state index in [1.807, 2.05) is 63.9 Å². The number of nitrogens with one attached hydrogen (secondary N) is 1. The summed E-state index contributed by atoms with van der Waals surface area (Å²) in [6.07, 6.45) is 0. The molecule has 0 saturated heterocycles. The molecule has 6 nitrogen and oxygen atoms in total. The molecule has 144 valence electrons. The average Bonchev–Trinajstić information content (AvgIpc) is 3.02. The van der Waals surface area contributed by atoms with Gasteiger partial charge < -0.3 is 14.7 Å². The summed E-state index contributed by atoms with van der Waals surface area (Å²) in [6, 6.07) is 7.81. The number of nitrogens with zero attached hydrogens (tertiary/aromatic N) is 4. The van der Waals surface area contributed by atoms with Gasteiger partial charge in [-0.15, -0.1) is 24.0 Å². The molecule has 0 fully saturated rings. The molecule has 0 bridgehead atoms. The van der Waals surface area contributed by atoms with Gasteiger partial charge in [0.25, 0.3) is 0 Å². The Hall–Kier alpha value is -1.35. The van der Waals surface area contributed by atoms with Crippen molar-refractivity contribution in [1.29, 1.82) is 0 Å². The first kappa shape index (κ1) is 22.7. The van der Waals surface area contributed by atoms with Crippen molar-refractivity contribution in [2.45, 2.75) is 46.2 Å². The topological polar surface area (TPSA) is 66.5 Å². The summed E-state index contributed by atoms with van der Waals surface area (Å²) in [6.45, 7) is 9.93. The van der Waals surface area contributed by atoms with E-state index in [9.17, 15) is 0 Å². The monoisotopic (exact) mass is 491 g/mol. The van der Waals surface area contributed by atoms with E-state index < -0.39 is 0 Å². The highest BCUT2D eigenvalue weighted by Gasteiger charge is 2.21. The minimum Gasteiger partial charge on any atom is -0.357 e. The van der Waals surface area contributed by atoms with Gasteiger partial charge in [-0.3, -0.25) is 0 Å². The minimum atomic E-state index is -0.166. The number of guanidine groups is 1. The van der Waals surface area contributed by atoms with Crippen LogP contribution in [0.2, 0.25) is 5.02 Å². The molecule has 0 aliphatic carbocycles. The summed E-state index contributed by atoms with van der Waals surface area (Å²) in [7, 11) is 1.97. The van der Waals surface area contributed by atoms with Crippen molar-refractivity contribution in [3.8, 4) is 0 Å². The standard InChI is InChI=1S/C18H26ClN5O.HI/c1-6-20-17(24(5)12-13-9-7-8-10-14(13)19)21-11-15-22-16(25-23-15)18(2,3)4;/h7-10H,6,11-12H2,1-5H3,(H,20,21);1H. The van der Waals surface area contributed by atoms with Crippen molar-refractivity contribution < 1.29 is 4.52 Å². The van der Waals surface area contributed by atoms with Crippen LogP contribution in [-0.4, -0.2) is 34.6 Å². The maximum absolute atomic E-state index is 6.25. The molecule has 1 heterocycles. The number of halogens is 2. The molecule has 0 spiro atoms. The van der Waals surface area contributed by atoms with Crippen LogP contribution < -0.4 is 5.32 Å². The van der Waals surface area contributed by atoms with Gasteiger partial charge in [0.15, 0.2) is 11.8 Å². The van der Waals surface area contributed by atoms with E-state index in [0.29, 0.717) is 24.8 Å². The fraction of sp³-hybridized carbons (Fsp3) is 0.500. The van der Waals surface area contributed by atoms with Crippen LogP contribution in [0.15, 0.2) is 33.8 Å². The molecule has 0 unspecified atom stereocenters. The highest BCUT2D eigenvalue weighted by molar-refractivity contribution is 14.0. The summed E-state index contributed by atoms with van der Waals surface area (Å²) >= 11 is 6.25. The van der Waals surface area contributed by atoms with Crippen molar-refractivity contribution in [1.82, 2.24) is 20.4 Å². The predicted octanol–water partition coefficient (Wildman–Crippen LogP) is 4.24. The Morgan fingerprint density at radius 2 is 2.00 bits per heavy atom. The van der Waals surface area contributed by atoms with Crippen LogP contribution >= 0.6 is 35.6 Å². The SMILES string of the molecule is CCNC(=NCc1noc(C(C)(C)C)n1)N(C)Cc1ccccc1Cl.I. The van der Waals surface area contributed by atoms with Gasteiger partial charge in [-0.2, -0.15) is 4.98 Å². The molecule has 0 aliphatic heterocycles. The Bertz CT molecular complexity index is 726. The summed E-state index contributed by atoms with van der Waals surface area (Å²) in [5.41, 5.74) is 0.882. The van der Waals surface area contributed by atoms with Crippen LogP contribution in [0.5, 0.6) is 0 Å². The molecule has 2 rings (SSSR count). The van der Waals surface area contributed by atoms with E-state index in [2.05, 4.69) is 20.4 Å². The zero-order valence-corrected chi connectivity index (χ0v) is 19.0. The van der Waals surface area contributed by atoms with E-state index >= 15 is 0 Å². The van der Waals surface area contributed by atoms with Crippen LogP contribution in [0.3, 0.4) is 0 Å². The van der Waals surface area contributed by atoms with Gasteiger partial charge in [-0.05, 0) is 18.6 Å². The zero-order chi connectivity index (χ0) is 18.4. The smallest absolute Gasteiger partial charge is 0.232 e. The van der Waals surface area contributed by atoms with Gasteiger partial charge in [0, 0.05) is 30.6 Å². The third-order valence-corrected chi connectivity index (χ3v) is 3.91. The Morgan fingerprint density at radius 3 is 2.58 bits per heavy atom. The normalized spacial score (nSPS) is 11.8. The molecule has 0 atom stereocenters. The molecule has 8 heteroatoms. The van der Waals surface area contributed by atoms with Gasteiger partial charge in [-0.1, -0.05) is 55.7 Å². The highest BCUT2D eigenvalue weighted by atomic mass is 127. The summed E-state index contributed by atoms with van der Waals surface area (Å²) < 4.78 is 5.31. The Labute approximate surface area is 177 Å². The van der Waals surface area contributed by atoms with Crippen LogP contribution in [-0.2, 0) is 18.5 Å². The first-order valence-corrected chi connectivity index (χ1v) is 8.75. The third-order valence-electron chi connectivity index (χ3n) is 3.54. The summed E-state index contributed by atoms with van der Waals surface area (Å²) in [5.74, 6) is 1.96. The van der Waals surface area contributed by atoms with Gasteiger partial charge in [0.05, 0.1) is 0 Å². The van der Waals surface area contributed by atoms with Crippen molar-refractivity contribution in [3.63, 3.8) is 0 Å². The molecule has 1 N–H and O–H groups in total. The van der Waals surface area contributed by atoms with Crippen LogP contribution in [0.4, 0.5) is 0 Å². The lowest BCUT2D eigenvalue weighted by Crippen LogP contribution is -2.38. The quantitative estimate of drug-likeness (QED) is 0.385. The molecular formula is C18H27ClIN5O. The first-order chi connectivity index (χ1) is 11.8. The molecule has 0 aliphatic rings. The molecule has 1 aromatic heterocycles. The molecule has 26 heavy (non-hydrogen) atoms.